The Bertz CT molecular complexity index is 694. The number of amides is 1. The van der Waals surface area contributed by atoms with Crippen molar-refractivity contribution in [2.75, 3.05) is 13.1 Å². The molecule has 0 spiro atoms. The Morgan fingerprint density at radius 3 is 2.74 bits per heavy atom. The van der Waals surface area contributed by atoms with Crippen molar-refractivity contribution < 1.29 is 9.53 Å². The first-order chi connectivity index (χ1) is 11.2. The van der Waals surface area contributed by atoms with Crippen molar-refractivity contribution in [2.24, 2.45) is 7.05 Å². The van der Waals surface area contributed by atoms with Gasteiger partial charge < -0.3 is 14.2 Å². The van der Waals surface area contributed by atoms with E-state index in [9.17, 15) is 4.79 Å². The Morgan fingerprint density at radius 1 is 1.26 bits per heavy atom. The number of aryl methyl sites for hydroxylation is 1. The third-order valence-corrected chi connectivity index (χ3v) is 4.84. The van der Waals surface area contributed by atoms with Crippen molar-refractivity contribution in [3.05, 3.63) is 42.0 Å². The van der Waals surface area contributed by atoms with Crippen molar-refractivity contribution >= 4 is 5.91 Å². The first kappa shape index (κ1) is 14.2. The van der Waals surface area contributed by atoms with Crippen LogP contribution in [0.25, 0.3) is 0 Å². The summed E-state index contributed by atoms with van der Waals surface area (Å²) in [5.74, 6) is 2.35. The second kappa shape index (κ2) is 5.68. The predicted molar refractivity (Wildman–Crippen MR) is 84.1 cm³/mol. The summed E-state index contributed by atoms with van der Waals surface area (Å²) in [4.78, 5) is 14.6. The van der Waals surface area contributed by atoms with E-state index in [2.05, 4.69) is 10.2 Å². The van der Waals surface area contributed by atoms with Gasteiger partial charge in [-0.1, -0.05) is 18.2 Å². The number of piperidine rings is 1. The maximum atomic E-state index is 12.7. The zero-order chi connectivity index (χ0) is 15.8. The standard InChI is InChI=1S/C17H20N4O2/c1-20-11-18-19-16(20)12-6-8-21(9-7-12)17(22)15-10-13-4-2-3-5-14(13)23-15/h2-5,11-12,15H,6-10H2,1H3/t15-/m1/s1. The van der Waals surface area contributed by atoms with Crippen LogP contribution in [-0.4, -0.2) is 44.8 Å². The fraction of sp³-hybridized carbons (Fsp3) is 0.471. The van der Waals surface area contributed by atoms with Crippen LogP contribution >= 0.6 is 0 Å². The van der Waals surface area contributed by atoms with Crippen molar-refractivity contribution in [3.8, 4) is 5.75 Å². The van der Waals surface area contributed by atoms with Gasteiger partial charge in [-0.25, -0.2) is 0 Å². The fourth-order valence-corrected chi connectivity index (χ4v) is 3.54. The van der Waals surface area contributed by atoms with Gasteiger partial charge >= 0.3 is 0 Å². The summed E-state index contributed by atoms with van der Waals surface area (Å²) in [5.41, 5.74) is 1.12. The van der Waals surface area contributed by atoms with E-state index in [0.717, 1.165) is 43.1 Å². The molecular weight excluding hydrogens is 292 g/mol. The van der Waals surface area contributed by atoms with Gasteiger partial charge in [-0.2, -0.15) is 0 Å². The van der Waals surface area contributed by atoms with E-state index in [1.807, 2.05) is 40.8 Å². The number of carbonyl (C=O) groups excluding carboxylic acids is 1. The first-order valence-corrected chi connectivity index (χ1v) is 8.09. The lowest BCUT2D eigenvalue weighted by atomic mass is 9.95. The van der Waals surface area contributed by atoms with Crippen LogP contribution < -0.4 is 4.74 Å². The second-order valence-electron chi connectivity index (χ2n) is 6.32. The van der Waals surface area contributed by atoms with Crippen LogP contribution in [0.3, 0.4) is 0 Å². The molecule has 3 heterocycles. The second-order valence-corrected chi connectivity index (χ2v) is 6.32. The Kier molecular flexibility index (Phi) is 3.52. The summed E-state index contributed by atoms with van der Waals surface area (Å²) in [6.07, 6.45) is 3.91. The van der Waals surface area contributed by atoms with E-state index in [-0.39, 0.29) is 12.0 Å². The molecule has 1 saturated heterocycles. The van der Waals surface area contributed by atoms with Crippen LogP contribution in [0.5, 0.6) is 5.75 Å². The number of aromatic nitrogens is 3. The SMILES string of the molecule is Cn1cnnc1C1CCN(C(=O)[C@H]2Cc3ccccc3O2)CC1. The summed E-state index contributed by atoms with van der Waals surface area (Å²) in [6.45, 7) is 1.51. The lowest BCUT2D eigenvalue weighted by Gasteiger charge is -2.32. The number of hydrogen-bond acceptors (Lipinski definition) is 4. The molecule has 2 aliphatic rings. The Hall–Kier alpha value is -2.37. The molecular formula is C17H20N4O2. The molecule has 6 heteroatoms. The van der Waals surface area contributed by atoms with Crippen molar-refractivity contribution in [2.45, 2.75) is 31.3 Å². The number of carbonyl (C=O) groups is 1. The minimum Gasteiger partial charge on any atom is -0.480 e. The van der Waals surface area contributed by atoms with E-state index < -0.39 is 0 Å². The molecule has 2 aliphatic heterocycles. The highest BCUT2D eigenvalue weighted by atomic mass is 16.5. The molecule has 1 aromatic heterocycles. The van der Waals surface area contributed by atoms with Crippen molar-refractivity contribution in [1.29, 1.82) is 0 Å². The maximum Gasteiger partial charge on any atom is 0.263 e. The van der Waals surface area contributed by atoms with E-state index in [4.69, 9.17) is 4.74 Å². The summed E-state index contributed by atoms with van der Waals surface area (Å²) >= 11 is 0. The molecule has 4 rings (SSSR count). The number of para-hydroxylation sites is 1. The van der Waals surface area contributed by atoms with E-state index in [0.29, 0.717) is 12.3 Å². The molecule has 1 atom stereocenters. The molecule has 0 aliphatic carbocycles. The molecule has 0 radical (unpaired) electrons. The van der Waals surface area contributed by atoms with Crippen LogP contribution in [0.4, 0.5) is 0 Å². The summed E-state index contributed by atoms with van der Waals surface area (Å²) in [5, 5.41) is 8.15. The lowest BCUT2D eigenvalue weighted by Crippen LogP contribution is -2.45. The van der Waals surface area contributed by atoms with Gasteiger partial charge in [0.25, 0.3) is 5.91 Å². The lowest BCUT2D eigenvalue weighted by molar-refractivity contribution is -0.139. The average Bonchev–Trinajstić information content (AvgIpc) is 3.20. The van der Waals surface area contributed by atoms with E-state index in [1.54, 1.807) is 6.33 Å². The van der Waals surface area contributed by atoms with Gasteiger partial charge in [-0.15, -0.1) is 10.2 Å². The minimum absolute atomic E-state index is 0.109. The van der Waals surface area contributed by atoms with Gasteiger partial charge in [-0.3, -0.25) is 4.79 Å². The highest BCUT2D eigenvalue weighted by Gasteiger charge is 2.34. The molecule has 0 N–H and O–H groups in total. The number of fused-ring (bicyclic) bond motifs is 1. The monoisotopic (exact) mass is 312 g/mol. The molecule has 1 fully saturated rings. The zero-order valence-corrected chi connectivity index (χ0v) is 13.2. The number of hydrogen-bond donors (Lipinski definition) is 0. The summed E-state index contributed by atoms with van der Waals surface area (Å²) < 4.78 is 7.79. The van der Waals surface area contributed by atoms with Crippen LogP contribution in [0.15, 0.2) is 30.6 Å². The van der Waals surface area contributed by atoms with Gasteiger partial charge in [-0.05, 0) is 24.5 Å². The highest BCUT2D eigenvalue weighted by molar-refractivity contribution is 5.82. The molecule has 1 amide bonds. The Morgan fingerprint density at radius 2 is 2.04 bits per heavy atom. The van der Waals surface area contributed by atoms with E-state index >= 15 is 0 Å². The normalized spacial score (nSPS) is 21.1. The number of benzene rings is 1. The Balaban J connectivity index is 1.38. The van der Waals surface area contributed by atoms with Crippen LogP contribution in [0, 0.1) is 0 Å². The molecule has 0 bridgehead atoms. The van der Waals surface area contributed by atoms with Crippen LogP contribution in [-0.2, 0) is 18.3 Å². The van der Waals surface area contributed by atoms with Gasteiger partial charge in [0.1, 0.15) is 17.9 Å². The first-order valence-electron chi connectivity index (χ1n) is 8.09. The van der Waals surface area contributed by atoms with Gasteiger partial charge in [0.05, 0.1) is 0 Å². The smallest absolute Gasteiger partial charge is 0.263 e. The molecule has 2 aromatic rings. The van der Waals surface area contributed by atoms with Crippen molar-refractivity contribution in [1.82, 2.24) is 19.7 Å². The largest absolute Gasteiger partial charge is 0.480 e. The van der Waals surface area contributed by atoms with Gasteiger partial charge in [0.2, 0.25) is 0 Å². The zero-order valence-electron chi connectivity index (χ0n) is 13.2. The van der Waals surface area contributed by atoms with Gasteiger partial charge in [0, 0.05) is 32.5 Å². The number of rotatable bonds is 2. The third kappa shape index (κ3) is 2.58. The maximum absolute atomic E-state index is 12.7. The highest BCUT2D eigenvalue weighted by Crippen LogP contribution is 2.31. The van der Waals surface area contributed by atoms with Crippen LogP contribution in [0.1, 0.15) is 30.1 Å². The minimum atomic E-state index is -0.362. The molecule has 6 nitrogen and oxygen atoms in total. The predicted octanol–water partition coefficient (Wildman–Crippen LogP) is 1.52. The molecule has 23 heavy (non-hydrogen) atoms. The van der Waals surface area contributed by atoms with Crippen LogP contribution in [0.2, 0.25) is 0 Å². The Labute approximate surface area is 135 Å². The van der Waals surface area contributed by atoms with Gasteiger partial charge in [0.15, 0.2) is 6.10 Å². The summed E-state index contributed by atoms with van der Waals surface area (Å²) in [7, 11) is 1.97. The quantitative estimate of drug-likeness (QED) is 0.844. The molecule has 120 valence electrons. The van der Waals surface area contributed by atoms with E-state index in [1.165, 1.54) is 0 Å². The molecule has 0 saturated carbocycles. The molecule has 0 unspecified atom stereocenters. The topological polar surface area (TPSA) is 60.2 Å². The van der Waals surface area contributed by atoms with Crippen molar-refractivity contribution in [3.63, 3.8) is 0 Å². The third-order valence-electron chi connectivity index (χ3n) is 4.84. The average molecular weight is 312 g/mol. The number of nitrogens with zero attached hydrogens (tertiary/aromatic N) is 4. The molecule has 1 aromatic carbocycles. The number of likely N-dealkylation sites (tertiary alicyclic amines) is 1. The summed E-state index contributed by atoms with van der Waals surface area (Å²) in [6, 6.07) is 7.89. The number of ether oxygens (including phenoxy) is 1. The fourth-order valence-electron chi connectivity index (χ4n) is 3.54.